The van der Waals surface area contributed by atoms with Crippen molar-refractivity contribution in [2.75, 3.05) is 6.54 Å². The highest BCUT2D eigenvalue weighted by Gasteiger charge is 2.15. The van der Waals surface area contributed by atoms with Crippen LogP contribution in [0.15, 0.2) is 22.7 Å². The number of nitrogens with zero attached hydrogens (tertiary/aromatic N) is 2. The van der Waals surface area contributed by atoms with E-state index in [1.165, 1.54) is 0 Å². The van der Waals surface area contributed by atoms with Crippen LogP contribution in [0.4, 0.5) is 0 Å². The normalized spacial score (nSPS) is 12.2. The maximum atomic E-state index is 12.3. The summed E-state index contributed by atoms with van der Waals surface area (Å²) >= 11 is 3.26. The van der Waals surface area contributed by atoms with Crippen molar-refractivity contribution in [1.29, 1.82) is 0 Å². The van der Waals surface area contributed by atoms with E-state index in [1.54, 1.807) is 12.1 Å². The number of phenolic OH excluding ortho intramolecular Hbond substituents is 1. The van der Waals surface area contributed by atoms with Crippen LogP contribution in [-0.4, -0.2) is 27.3 Å². The number of carbonyl (C=O) groups excluding carboxylic acids is 1. The molecule has 1 heterocycles. The number of aromatic nitrogens is 2. The van der Waals surface area contributed by atoms with Gasteiger partial charge in [0.2, 0.25) is 0 Å². The lowest BCUT2D eigenvalue weighted by molar-refractivity contribution is 0.0943. The summed E-state index contributed by atoms with van der Waals surface area (Å²) in [4.78, 5) is 12.3. The average molecular weight is 380 g/mol. The first-order valence-electron chi connectivity index (χ1n) is 7.56. The van der Waals surface area contributed by atoms with E-state index in [4.69, 9.17) is 0 Å². The van der Waals surface area contributed by atoms with Crippen molar-refractivity contribution in [3.05, 3.63) is 45.2 Å². The Balaban J connectivity index is 1.98. The van der Waals surface area contributed by atoms with Gasteiger partial charge < -0.3 is 10.4 Å². The number of aromatic hydroxyl groups is 1. The Morgan fingerprint density at radius 3 is 2.65 bits per heavy atom. The molecular formula is C17H22BrN3O2. The molecule has 0 unspecified atom stereocenters. The second kappa shape index (κ2) is 7.17. The Morgan fingerprint density at radius 1 is 1.35 bits per heavy atom. The quantitative estimate of drug-likeness (QED) is 0.836. The number of aryl methyl sites for hydroxylation is 3. The third-order valence-electron chi connectivity index (χ3n) is 3.65. The van der Waals surface area contributed by atoms with E-state index in [0.717, 1.165) is 23.5 Å². The van der Waals surface area contributed by atoms with Crippen LogP contribution in [0.1, 0.15) is 34.2 Å². The number of hydrogen-bond acceptors (Lipinski definition) is 3. The highest BCUT2D eigenvalue weighted by molar-refractivity contribution is 9.10. The first kappa shape index (κ1) is 17.5. The Morgan fingerprint density at radius 2 is 2.04 bits per heavy atom. The summed E-state index contributed by atoms with van der Waals surface area (Å²) in [5.41, 5.74) is 3.31. The van der Waals surface area contributed by atoms with Crippen molar-refractivity contribution >= 4 is 21.8 Å². The fraction of sp³-hybridized carbons (Fsp3) is 0.412. The molecule has 1 amide bonds. The number of carbonyl (C=O) groups is 1. The van der Waals surface area contributed by atoms with Gasteiger partial charge in [-0.2, -0.15) is 5.10 Å². The van der Waals surface area contributed by atoms with E-state index < -0.39 is 0 Å². The van der Waals surface area contributed by atoms with Gasteiger partial charge in [-0.05, 0) is 66.4 Å². The maximum absolute atomic E-state index is 12.3. The largest absolute Gasteiger partial charge is 0.506 e. The van der Waals surface area contributed by atoms with Gasteiger partial charge in [0.25, 0.3) is 5.91 Å². The summed E-state index contributed by atoms with van der Waals surface area (Å²) in [5.74, 6) is -0.0706. The highest BCUT2D eigenvalue weighted by Crippen LogP contribution is 2.29. The van der Waals surface area contributed by atoms with Gasteiger partial charge in [0, 0.05) is 18.8 Å². The molecule has 0 saturated carbocycles. The number of benzene rings is 1. The summed E-state index contributed by atoms with van der Waals surface area (Å²) in [6.45, 7) is 9.18. The van der Waals surface area contributed by atoms with E-state index in [9.17, 15) is 9.90 Å². The molecule has 2 rings (SSSR count). The topological polar surface area (TPSA) is 67.2 Å². The van der Waals surface area contributed by atoms with E-state index in [-0.39, 0.29) is 23.1 Å². The van der Waals surface area contributed by atoms with Crippen molar-refractivity contribution in [2.24, 2.45) is 5.92 Å². The summed E-state index contributed by atoms with van der Waals surface area (Å²) in [7, 11) is 0. The number of phenols is 1. The Bertz CT molecular complexity index is 725. The minimum absolute atomic E-state index is 0.0284. The third kappa shape index (κ3) is 4.34. The van der Waals surface area contributed by atoms with Crippen LogP contribution in [0.5, 0.6) is 5.75 Å². The average Bonchev–Trinajstić information content (AvgIpc) is 2.78. The molecule has 1 aromatic carbocycles. The molecule has 6 heteroatoms. The summed E-state index contributed by atoms with van der Waals surface area (Å²) in [5, 5.41) is 17.3. The molecule has 1 atom stereocenters. The monoisotopic (exact) mass is 379 g/mol. The van der Waals surface area contributed by atoms with Crippen LogP contribution in [0.2, 0.25) is 0 Å². The smallest absolute Gasteiger partial charge is 0.255 e. The molecule has 2 aromatic rings. The zero-order valence-corrected chi connectivity index (χ0v) is 15.4. The molecule has 0 spiro atoms. The lowest BCUT2D eigenvalue weighted by Gasteiger charge is -2.15. The van der Waals surface area contributed by atoms with Gasteiger partial charge in [-0.15, -0.1) is 0 Å². The molecule has 0 bridgehead atoms. The van der Waals surface area contributed by atoms with Gasteiger partial charge in [-0.25, -0.2) is 0 Å². The maximum Gasteiger partial charge on any atom is 0.255 e. The summed E-state index contributed by atoms with van der Waals surface area (Å²) in [6.07, 6.45) is 0. The number of halogens is 1. The van der Waals surface area contributed by atoms with Gasteiger partial charge in [-0.3, -0.25) is 9.48 Å². The van der Waals surface area contributed by atoms with E-state index in [0.29, 0.717) is 11.0 Å². The number of nitrogens with one attached hydrogen (secondary N) is 1. The van der Waals surface area contributed by atoms with E-state index in [2.05, 4.69) is 33.3 Å². The Labute approximate surface area is 144 Å². The van der Waals surface area contributed by atoms with Gasteiger partial charge in [0.15, 0.2) is 0 Å². The van der Waals surface area contributed by atoms with E-state index >= 15 is 0 Å². The molecule has 0 fully saturated rings. The SMILES string of the molecule is Cc1cc(Br)c(O)c(C(=O)NC[C@@H](C)Cn2nc(C)cc2C)c1. The predicted octanol–water partition coefficient (Wildman–Crippen LogP) is 3.34. The minimum atomic E-state index is -0.271. The van der Waals surface area contributed by atoms with Crippen LogP contribution in [0.25, 0.3) is 0 Å². The number of rotatable bonds is 5. The fourth-order valence-electron chi connectivity index (χ4n) is 2.49. The van der Waals surface area contributed by atoms with Crippen LogP contribution >= 0.6 is 15.9 Å². The van der Waals surface area contributed by atoms with Crippen molar-refractivity contribution in [3.63, 3.8) is 0 Å². The molecule has 0 radical (unpaired) electrons. The summed E-state index contributed by atoms with van der Waals surface area (Å²) < 4.78 is 2.48. The molecule has 0 aliphatic rings. The second-order valence-corrected chi connectivity index (χ2v) is 6.92. The predicted molar refractivity (Wildman–Crippen MR) is 93.7 cm³/mol. The second-order valence-electron chi connectivity index (χ2n) is 6.07. The van der Waals surface area contributed by atoms with E-state index in [1.807, 2.05) is 31.5 Å². The zero-order chi connectivity index (χ0) is 17.1. The Kier molecular flexibility index (Phi) is 5.46. The van der Waals surface area contributed by atoms with Gasteiger partial charge in [0.1, 0.15) is 5.75 Å². The molecule has 124 valence electrons. The summed E-state index contributed by atoms with van der Waals surface area (Å²) in [6, 6.07) is 5.49. The van der Waals surface area contributed by atoms with Crippen molar-refractivity contribution in [3.8, 4) is 5.75 Å². The lowest BCUT2D eigenvalue weighted by atomic mass is 10.1. The van der Waals surface area contributed by atoms with Crippen LogP contribution in [0.3, 0.4) is 0 Å². The van der Waals surface area contributed by atoms with Gasteiger partial charge in [0.05, 0.1) is 15.7 Å². The standard InChI is InChI=1S/C17H22BrN3O2/c1-10-5-14(16(22)15(18)6-10)17(23)19-8-11(2)9-21-13(4)7-12(3)20-21/h5-7,11,22H,8-9H2,1-4H3,(H,19,23)/t11-/m1/s1. The van der Waals surface area contributed by atoms with Crippen LogP contribution in [-0.2, 0) is 6.54 Å². The number of amides is 1. The van der Waals surface area contributed by atoms with Crippen molar-refractivity contribution < 1.29 is 9.90 Å². The lowest BCUT2D eigenvalue weighted by Crippen LogP contribution is -2.30. The zero-order valence-electron chi connectivity index (χ0n) is 13.9. The minimum Gasteiger partial charge on any atom is -0.506 e. The van der Waals surface area contributed by atoms with Crippen LogP contribution in [0, 0.1) is 26.7 Å². The fourth-order valence-corrected chi connectivity index (χ4v) is 3.06. The molecule has 0 saturated heterocycles. The van der Waals surface area contributed by atoms with Gasteiger partial charge in [-0.1, -0.05) is 6.92 Å². The molecular weight excluding hydrogens is 358 g/mol. The third-order valence-corrected chi connectivity index (χ3v) is 4.26. The van der Waals surface area contributed by atoms with Crippen molar-refractivity contribution in [2.45, 2.75) is 34.2 Å². The van der Waals surface area contributed by atoms with Crippen molar-refractivity contribution in [1.82, 2.24) is 15.1 Å². The number of hydrogen-bond donors (Lipinski definition) is 2. The molecule has 1 aromatic heterocycles. The molecule has 5 nitrogen and oxygen atoms in total. The molecule has 2 N–H and O–H groups in total. The van der Waals surface area contributed by atoms with Crippen LogP contribution < -0.4 is 5.32 Å². The first-order chi connectivity index (χ1) is 10.8. The molecule has 0 aliphatic carbocycles. The first-order valence-corrected chi connectivity index (χ1v) is 8.35. The molecule has 0 aliphatic heterocycles. The molecule has 23 heavy (non-hydrogen) atoms. The van der Waals surface area contributed by atoms with Gasteiger partial charge >= 0.3 is 0 Å². The highest BCUT2D eigenvalue weighted by atomic mass is 79.9. The Hall–Kier alpha value is -1.82.